The van der Waals surface area contributed by atoms with Crippen molar-refractivity contribution in [3.05, 3.63) is 126 Å². The highest BCUT2D eigenvalue weighted by Crippen LogP contribution is 2.41. The summed E-state index contributed by atoms with van der Waals surface area (Å²) in [5, 5.41) is 19.1. The van der Waals surface area contributed by atoms with E-state index in [-0.39, 0.29) is 6.42 Å². The maximum atomic E-state index is 11.7. The van der Waals surface area contributed by atoms with Gasteiger partial charge < -0.3 is 14.8 Å². The number of rotatable bonds is 8. The summed E-state index contributed by atoms with van der Waals surface area (Å²) in [6.07, 6.45) is 3.16. The molecule has 2 N–H and O–H groups in total. The molecule has 0 spiro atoms. The first-order chi connectivity index (χ1) is 15.9. The molecule has 4 aromatic rings. The summed E-state index contributed by atoms with van der Waals surface area (Å²) in [4.78, 5) is 27.9. The third-order valence-corrected chi connectivity index (χ3v) is 6.08. The van der Waals surface area contributed by atoms with E-state index in [1.54, 1.807) is 12.5 Å². The molecule has 4 rings (SSSR count). The number of imidazole rings is 1. The first-order valence-corrected chi connectivity index (χ1v) is 10.6. The fraction of sp³-hybridized carbons (Fsp3) is 0.148. The molecule has 0 amide bonds. The molecule has 6 nitrogen and oxygen atoms in total. The molecule has 0 aliphatic heterocycles. The van der Waals surface area contributed by atoms with Gasteiger partial charge >= 0.3 is 11.9 Å². The fourth-order valence-electron chi connectivity index (χ4n) is 4.23. The Balaban J connectivity index is 1.96. The summed E-state index contributed by atoms with van der Waals surface area (Å²) in [5.74, 6) is -2.80. The number of nitrogens with zero attached hydrogens (tertiary/aromatic N) is 2. The van der Waals surface area contributed by atoms with Crippen LogP contribution in [-0.2, 0) is 21.5 Å². The predicted octanol–water partition coefficient (Wildman–Crippen LogP) is 4.44. The maximum absolute atomic E-state index is 11.7. The molecule has 33 heavy (non-hydrogen) atoms. The van der Waals surface area contributed by atoms with Crippen LogP contribution >= 0.6 is 0 Å². The largest absolute Gasteiger partial charge is 0.480 e. The average molecular weight is 440 g/mol. The standard InChI is InChI=1S/C27H24N2O4/c1-26(24(30)31,25(32)33)17-23-18-29(19-28-23)27(20-11-5-2-6-12-20,21-13-7-3-8-14-21)22-15-9-4-10-16-22/h2-16,18-19H,17H2,1H3,(H,30,31)(H,32,33). The maximum Gasteiger partial charge on any atom is 0.321 e. The van der Waals surface area contributed by atoms with E-state index in [0.29, 0.717) is 5.69 Å². The third-order valence-electron chi connectivity index (χ3n) is 6.08. The molecule has 0 aliphatic rings. The second kappa shape index (κ2) is 8.74. The minimum Gasteiger partial charge on any atom is -0.480 e. The van der Waals surface area contributed by atoms with Gasteiger partial charge in [0, 0.05) is 12.6 Å². The molecule has 0 atom stereocenters. The fourth-order valence-corrected chi connectivity index (χ4v) is 4.23. The monoisotopic (exact) mass is 440 g/mol. The second-order valence-corrected chi connectivity index (χ2v) is 8.20. The summed E-state index contributed by atoms with van der Waals surface area (Å²) in [6, 6.07) is 29.9. The molecule has 1 heterocycles. The SMILES string of the molecule is CC(Cc1cn(C(c2ccccc2)(c2ccccc2)c2ccccc2)cn1)(C(=O)O)C(=O)O. The van der Waals surface area contributed by atoms with Crippen molar-refractivity contribution in [2.24, 2.45) is 5.41 Å². The van der Waals surface area contributed by atoms with Gasteiger partial charge in [-0.2, -0.15) is 0 Å². The van der Waals surface area contributed by atoms with Gasteiger partial charge in [0.2, 0.25) is 0 Å². The van der Waals surface area contributed by atoms with E-state index < -0.39 is 22.9 Å². The molecule has 0 saturated carbocycles. The van der Waals surface area contributed by atoms with Crippen molar-refractivity contribution >= 4 is 11.9 Å². The van der Waals surface area contributed by atoms with Gasteiger partial charge in [-0.05, 0) is 23.6 Å². The molecular formula is C27H24N2O4. The van der Waals surface area contributed by atoms with Crippen molar-refractivity contribution in [1.29, 1.82) is 0 Å². The van der Waals surface area contributed by atoms with Gasteiger partial charge in [-0.1, -0.05) is 91.0 Å². The molecule has 166 valence electrons. The quantitative estimate of drug-likeness (QED) is 0.312. The lowest BCUT2D eigenvalue weighted by Gasteiger charge is -2.37. The first-order valence-electron chi connectivity index (χ1n) is 10.6. The van der Waals surface area contributed by atoms with Crippen LogP contribution in [0.2, 0.25) is 0 Å². The molecule has 3 aromatic carbocycles. The highest BCUT2D eigenvalue weighted by molar-refractivity contribution is 5.97. The smallest absolute Gasteiger partial charge is 0.321 e. The summed E-state index contributed by atoms with van der Waals surface area (Å²) in [7, 11) is 0. The zero-order chi connectivity index (χ0) is 23.5. The number of aromatic nitrogens is 2. The highest BCUT2D eigenvalue weighted by atomic mass is 16.4. The van der Waals surface area contributed by atoms with E-state index in [1.165, 1.54) is 6.92 Å². The van der Waals surface area contributed by atoms with Crippen LogP contribution in [-0.4, -0.2) is 31.7 Å². The van der Waals surface area contributed by atoms with Crippen LogP contribution in [0.5, 0.6) is 0 Å². The average Bonchev–Trinajstić information content (AvgIpc) is 3.30. The van der Waals surface area contributed by atoms with Crippen LogP contribution in [0.4, 0.5) is 0 Å². The molecular weight excluding hydrogens is 416 g/mol. The van der Waals surface area contributed by atoms with Crippen molar-refractivity contribution < 1.29 is 19.8 Å². The highest BCUT2D eigenvalue weighted by Gasteiger charge is 2.43. The summed E-state index contributed by atoms with van der Waals surface area (Å²) < 4.78 is 1.94. The van der Waals surface area contributed by atoms with Crippen LogP contribution in [0.15, 0.2) is 104 Å². The van der Waals surface area contributed by atoms with Crippen LogP contribution in [0.3, 0.4) is 0 Å². The van der Waals surface area contributed by atoms with Crippen LogP contribution in [0.1, 0.15) is 29.3 Å². The molecule has 0 aliphatic carbocycles. The van der Waals surface area contributed by atoms with E-state index in [9.17, 15) is 19.8 Å². The minimum atomic E-state index is -1.98. The zero-order valence-corrected chi connectivity index (χ0v) is 18.1. The predicted molar refractivity (Wildman–Crippen MR) is 124 cm³/mol. The molecule has 6 heteroatoms. The topological polar surface area (TPSA) is 92.4 Å². The van der Waals surface area contributed by atoms with Gasteiger partial charge in [0.05, 0.1) is 12.0 Å². The third kappa shape index (κ3) is 3.80. The molecule has 0 bridgehead atoms. The minimum absolute atomic E-state index is 0.237. The Morgan fingerprint density at radius 3 is 1.52 bits per heavy atom. The number of aliphatic carboxylic acids is 2. The zero-order valence-electron chi connectivity index (χ0n) is 18.1. The Bertz CT molecular complexity index is 1140. The van der Waals surface area contributed by atoms with Crippen molar-refractivity contribution in [3.63, 3.8) is 0 Å². The van der Waals surface area contributed by atoms with E-state index in [4.69, 9.17) is 0 Å². The number of carboxylic acid groups (broad SMARTS) is 2. The van der Waals surface area contributed by atoms with Gasteiger partial charge in [-0.15, -0.1) is 0 Å². The van der Waals surface area contributed by atoms with Crippen LogP contribution in [0, 0.1) is 5.41 Å². The molecule has 0 fully saturated rings. The van der Waals surface area contributed by atoms with Crippen LogP contribution in [0.25, 0.3) is 0 Å². The van der Waals surface area contributed by atoms with Gasteiger partial charge in [-0.3, -0.25) is 9.59 Å². The Morgan fingerprint density at radius 2 is 1.15 bits per heavy atom. The molecule has 0 saturated heterocycles. The Hall–Kier alpha value is -4.19. The van der Waals surface area contributed by atoms with Crippen molar-refractivity contribution in [1.82, 2.24) is 9.55 Å². The number of carboxylic acids is 2. The van der Waals surface area contributed by atoms with E-state index >= 15 is 0 Å². The van der Waals surface area contributed by atoms with Gasteiger partial charge in [0.1, 0.15) is 5.54 Å². The Kier molecular flexibility index (Phi) is 5.84. The molecule has 1 aromatic heterocycles. The van der Waals surface area contributed by atoms with E-state index in [2.05, 4.69) is 4.98 Å². The van der Waals surface area contributed by atoms with E-state index in [1.807, 2.05) is 95.6 Å². The lowest BCUT2D eigenvalue weighted by Crippen LogP contribution is -2.38. The number of carbonyl (C=O) groups is 2. The second-order valence-electron chi connectivity index (χ2n) is 8.20. The van der Waals surface area contributed by atoms with Crippen molar-refractivity contribution in [2.45, 2.75) is 18.9 Å². The normalized spacial score (nSPS) is 11.8. The van der Waals surface area contributed by atoms with E-state index in [0.717, 1.165) is 16.7 Å². The molecule has 0 radical (unpaired) electrons. The number of hydrogen-bond acceptors (Lipinski definition) is 3. The van der Waals surface area contributed by atoms with Crippen molar-refractivity contribution in [2.75, 3.05) is 0 Å². The summed E-state index contributed by atoms with van der Waals surface area (Å²) in [6.45, 7) is 1.20. The lowest BCUT2D eigenvalue weighted by atomic mass is 9.76. The Morgan fingerprint density at radius 1 is 0.758 bits per heavy atom. The summed E-state index contributed by atoms with van der Waals surface area (Å²) >= 11 is 0. The summed E-state index contributed by atoms with van der Waals surface area (Å²) in [5.41, 5.74) is 0.586. The first kappa shape index (κ1) is 22.0. The van der Waals surface area contributed by atoms with Crippen molar-refractivity contribution in [3.8, 4) is 0 Å². The van der Waals surface area contributed by atoms with Gasteiger partial charge in [0.15, 0.2) is 5.41 Å². The number of hydrogen-bond donors (Lipinski definition) is 2. The van der Waals surface area contributed by atoms with Gasteiger partial charge in [0.25, 0.3) is 0 Å². The molecule has 0 unspecified atom stereocenters. The lowest BCUT2D eigenvalue weighted by molar-refractivity contribution is -0.163. The van der Waals surface area contributed by atoms with Gasteiger partial charge in [-0.25, -0.2) is 4.98 Å². The number of benzene rings is 3. The van der Waals surface area contributed by atoms with Crippen LogP contribution < -0.4 is 0 Å². The Labute approximate surface area is 191 Å².